The third-order valence-electron chi connectivity index (χ3n) is 3.28. The highest BCUT2D eigenvalue weighted by molar-refractivity contribution is 5.95. The lowest BCUT2D eigenvalue weighted by Gasteiger charge is -2.08. The topological polar surface area (TPSA) is 75.6 Å². The van der Waals surface area contributed by atoms with Gasteiger partial charge in [0.15, 0.2) is 5.76 Å². The zero-order valence-corrected chi connectivity index (χ0v) is 11.3. The molecule has 3 rings (SSSR count). The van der Waals surface area contributed by atoms with E-state index in [1.54, 1.807) is 12.1 Å². The molecule has 2 heterocycles. The lowest BCUT2D eigenvalue weighted by molar-refractivity contribution is 0.0917. The first kappa shape index (κ1) is 13.5. The average molecular weight is 285 g/mol. The molecule has 0 fully saturated rings. The molecule has 0 aliphatic carbocycles. The second-order valence-corrected chi connectivity index (χ2v) is 4.77. The Bertz CT molecular complexity index is 697. The van der Waals surface area contributed by atoms with Gasteiger partial charge in [-0.3, -0.25) is 4.79 Å². The highest BCUT2D eigenvalue weighted by Gasteiger charge is 2.13. The molecule has 1 unspecified atom stereocenters. The summed E-state index contributed by atoms with van der Waals surface area (Å²) in [5, 5.41) is 13.5. The highest BCUT2D eigenvalue weighted by Crippen LogP contribution is 2.19. The zero-order chi connectivity index (χ0) is 14.7. The summed E-state index contributed by atoms with van der Waals surface area (Å²) >= 11 is 0. The standard InChI is InChI=1S/C16H15NO4/c18-13(12-6-8-20-10-12)5-7-17-16(19)15-9-11-3-1-2-4-14(11)21-15/h1-4,6,8-10,13,18H,5,7H2,(H,17,19). The molecule has 5 nitrogen and oxygen atoms in total. The fraction of sp³-hybridized carbons (Fsp3) is 0.188. The van der Waals surface area contributed by atoms with Gasteiger partial charge < -0.3 is 19.3 Å². The Labute approximate surface area is 121 Å². The van der Waals surface area contributed by atoms with Crippen molar-refractivity contribution < 1.29 is 18.7 Å². The second-order valence-electron chi connectivity index (χ2n) is 4.77. The number of carbonyl (C=O) groups excluding carboxylic acids is 1. The van der Waals surface area contributed by atoms with Crippen molar-refractivity contribution in [2.75, 3.05) is 6.54 Å². The molecule has 0 aliphatic heterocycles. The average Bonchev–Trinajstić information content (AvgIpc) is 3.16. The maximum absolute atomic E-state index is 12.0. The van der Waals surface area contributed by atoms with Crippen LogP contribution in [0, 0.1) is 0 Å². The van der Waals surface area contributed by atoms with Crippen LogP contribution in [0.5, 0.6) is 0 Å². The third kappa shape index (κ3) is 2.98. The van der Waals surface area contributed by atoms with Gasteiger partial charge in [0.2, 0.25) is 0 Å². The first-order chi connectivity index (χ1) is 10.2. The van der Waals surface area contributed by atoms with E-state index in [2.05, 4.69) is 5.32 Å². The van der Waals surface area contributed by atoms with E-state index in [-0.39, 0.29) is 11.7 Å². The summed E-state index contributed by atoms with van der Waals surface area (Å²) < 4.78 is 10.4. The van der Waals surface area contributed by atoms with Crippen molar-refractivity contribution in [1.29, 1.82) is 0 Å². The first-order valence-electron chi connectivity index (χ1n) is 6.71. The molecule has 0 radical (unpaired) electrons. The van der Waals surface area contributed by atoms with E-state index in [9.17, 15) is 9.90 Å². The molecule has 0 spiro atoms. The van der Waals surface area contributed by atoms with Crippen molar-refractivity contribution in [2.24, 2.45) is 0 Å². The van der Waals surface area contributed by atoms with Gasteiger partial charge in [0.25, 0.3) is 5.91 Å². The smallest absolute Gasteiger partial charge is 0.287 e. The Morgan fingerprint density at radius 3 is 2.90 bits per heavy atom. The van der Waals surface area contributed by atoms with E-state index >= 15 is 0 Å². The number of hydrogen-bond acceptors (Lipinski definition) is 4. The van der Waals surface area contributed by atoms with E-state index < -0.39 is 6.10 Å². The fourth-order valence-electron chi connectivity index (χ4n) is 2.13. The van der Waals surface area contributed by atoms with Gasteiger partial charge in [-0.1, -0.05) is 18.2 Å². The van der Waals surface area contributed by atoms with Crippen LogP contribution in [0.3, 0.4) is 0 Å². The summed E-state index contributed by atoms with van der Waals surface area (Å²) in [5.41, 5.74) is 1.38. The van der Waals surface area contributed by atoms with Crippen LogP contribution in [-0.4, -0.2) is 17.6 Å². The minimum absolute atomic E-state index is 0.272. The van der Waals surface area contributed by atoms with Crippen LogP contribution in [-0.2, 0) is 0 Å². The molecular formula is C16H15NO4. The van der Waals surface area contributed by atoms with Crippen LogP contribution in [0.4, 0.5) is 0 Å². The minimum Gasteiger partial charge on any atom is -0.472 e. The molecule has 5 heteroatoms. The molecule has 2 N–H and O–H groups in total. The van der Waals surface area contributed by atoms with Gasteiger partial charge >= 0.3 is 0 Å². The number of amides is 1. The number of aliphatic hydroxyl groups is 1. The molecule has 0 bridgehead atoms. The normalized spacial score (nSPS) is 12.4. The Morgan fingerprint density at radius 1 is 1.29 bits per heavy atom. The van der Waals surface area contributed by atoms with Gasteiger partial charge in [0, 0.05) is 17.5 Å². The first-order valence-corrected chi connectivity index (χ1v) is 6.71. The molecule has 0 saturated heterocycles. The monoisotopic (exact) mass is 285 g/mol. The van der Waals surface area contributed by atoms with Crippen LogP contribution in [0.2, 0.25) is 0 Å². The summed E-state index contributed by atoms with van der Waals surface area (Å²) in [7, 11) is 0. The third-order valence-corrected chi connectivity index (χ3v) is 3.28. The SMILES string of the molecule is O=C(NCCC(O)c1ccoc1)c1cc2ccccc2o1. The van der Waals surface area contributed by atoms with Crippen molar-refractivity contribution in [1.82, 2.24) is 5.32 Å². The second kappa shape index (κ2) is 5.85. The van der Waals surface area contributed by atoms with Gasteiger partial charge in [-0.15, -0.1) is 0 Å². The molecule has 1 amide bonds. The van der Waals surface area contributed by atoms with E-state index in [0.717, 1.165) is 5.39 Å². The minimum atomic E-state index is -0.653. The summed E-state index contributed by atoms with van der Waals surface area (Å²) in [6.07, 6.45) is 2.75. The van der Waals surface area contributed by atoms with Gasteiger partial charge in [-0.2, -0.15) is 0 Å². The van der Waals surface area contributed by atoms with Gasteiger partial charge in [-0.05, 0) is 24.6 Å². The zero-order valence-electron chi connectivity index (χ0n) is 11.3. The Kier molecular flexibility index (Phi) is 3.75. The van der Waals surface area contributed by atoms with Crippen molar-refractivity contribution in [2.45, 2.75) is 12.5 Å². The summed E-state index contributed by atoms with van der Waals surface area (Å²) in [4.78, 5) is 12.0. The summed E-state index contributed by atoms with van der Waals surface area (Å²) in [5.74, 6) is -0.0143. The molecule has 21 heavy (non-hydrogen) atoms. The Balaban J connectivity index is 1.56. The predicted octanol–water partition coefficient (Wildman–Crippen LogP) is 2.88. The maximum atomic E-state index is 12.0. The molecule has 0 aliphatic rings. The number of furan rings is 2. The van der Waals surface area contributed by atoms with Crippen LogP contribution in [0.15, 0.2) is 57.8 Å². The van der Waals surface area contributed by atoms with Crippen LogP contribution < -0.4 is 5.32 Å². The molecule has 108 valence electrons. The van der Waals surface area contributed by atoms with Gasteiger partial charge in [-0.25, -0.2) is 0 Å². The van der Waals surface area contributed by atoms with Crippen LogP contribution in [0.25, 0.3) is 11.0 Å². The molecule has 0 saturated carbocycles. The molecular weight excluding hydrogens is 270 g/mol. The molecule has 1 atom stereocenters. The van der Waals surface area contributed by atoms with Gasteiger partial charge in [0.1, 0.15) is 5.58 Å². The van der Waals surface area contributed by atoms with E-state index in [1.807, 2.05) is 24.3 Å². The largest absolute Gasteiger partial charge is 0.472 e. The summed E-state index contributed by atoms with van der Waals surface area (Å²) in [6, 6.07) is 10.9. The fourth-order valence-corrected chi connectivity index (χ4v) is 2.13. The Hall–Kier alpha value is -2.53. The number of hydrogen-bond donors (Lipinski definition) is 2. The maximum Gasteiger partial charge on any atom is 0.287 e. The van der Waals surface area contributed by atoms with Crippen molar-refractivity contribution in [3.8, 4) is 0 Å². The predicted molar refractivity (Wildman–Crippen MR) is 76.8 cm³/mol. The number of para-hydroxylation sites is 1. The molecule has 2 aromatic heterocycles. The highest BCUT2D eigenvalue weighted by atomic mass is 16.3. The number of fused-ring (bicyclic) bond motifs is 1. The van der Waals surface area contributed by atoms with Crippen molar-refractivity contribution in [3.05, 3.63) is 60.2 Å². The molecule has 1 aromatic carbocycles. The van der Waals surface area contributed by atoms with Gasteiger partial charge in [0.05, 0.1) is 18.6 Å². The van der Waals surface area contributed by atoms with E-state index in [4.69, 9.17) is 8.83 Å². The van der Waals surface area contributed by atoms with Crippen molar-refractivity contribution >= 4 is 16.9 Å². The number of carbonyl (C=O) groups is 1. The van der Waals surface area contributed by atoms with E-state index in [0.29, 0.717) is 24.1 Å². The lowest BCUT2D eigenvalue weighted by atomic mass is 10.1. The van der Waals surface area contributed by atoms with Crippen LogP contribution in [0.1, 0.15) is 28.6 Å². The number of rotatable bonds is 5. The van der Waals surface area contributed by atoms with Crippen molar-refractivity contribution in [3.63, 3.8) is 0 Å². The van der Waals surface area contributed by atoms with Crippen LogP contribution >= 0.6 is 0 Å². The Morgan fingerprint density at radius 2 is 2.14 bits per heavy atom. The number of nitrogens with one attached hydrogen (secondary N) is 1. The number of aliphatic hydroxyl groups excluding tert-OH is 1. The number of benzene rings is 1. The summed E-state index contributed by atoms with van der Waals surface area (Å²) in [6.45, 7) is 0.349. The lowest BCUT2D eigenvalue weighted by Crippen LogP contribution is -2.25. The van der Waals surface area contributed by atoms with E-state index in [1.165, 1.54) is 12.5 Å². The quantitative estimate of drug-likeness (QED) is 0.755. The molecule has 3 aromatic rings.